The van der Waals surface area contributed by atoms with Gasteiger partial charge in [0.15, 0.2) is 5.96 Å². The van der Waals surface area contributed by atoms with Gasteiger partial charge >= 0.3 is 0 Å². The molecule has 3 nitrogen and oxygen atoms in total. The fourth-order valence-corrected chi connectivity index (χ4v) is 2.89. The minimum Gasteiger partial charge on any atom is -0.370 e. The fourth-order valence-electron chi connectivity index (χ4n) is 2.19. The zero-order valence-corrected chi connectivity index (χ0v) is 14.0. The molecule has 0 aliphatic rings. The van der Waals surface area contributed by atoms with E-state index >= 15 is 0 Å². The molecule has 2 aromatic rings. The third-order valence-corrected chi connectivity index (χ3v) is 4.24. The number of aliphatic imine (C=N–C) groups is 1. The Bertz CT molecular complexity index is 623. The Kier molecular flexibility index (Phi) is 6.34. The second kappa shape index (κ2) is 8.49. The number of hydrogen-bond donors (Lipinski definition) is 2. The fraction of sp³-hybridized carbons (Fsp3) is 0.278. The Morgan fingerprint density at radius 1 is 1.18 bits per heavy atom. The number of nitrogens with one attached hydrogen (secondary N) is 1. The molecule has 0 atom stereocenters. The van der Waals surface area contributed by atoms with Crippen LogP contribution < -0.4 is 11.1 Å². The molecule has 2 aromatic carbocycles. The number of hydrogen-bond acceptors (Lipinski definition) is 2. The molecule has 0 spiro atoms. The van der Waals surface area contributed by atoms with Crippen molar-refractivity contribution >= 4 is 17.7 Å². The van der Waals surface area contributed by atoms with Crippen molar-refractivity contribution in [2.75, 3.05) is 12.8 Å². The first-order valence-electron chi connectivity index (χ1n) is 7.40. The first-order chi connectivity index (χ1) is 10.7. The van der Waals surface area contributed by atoms with Gasteiger partial charge in [-0.2, -0.15) is 0 Å². The average Bonchev–Trinajstić information content (AvgIpc) is 2.54. The number of nitrogens with two attached hydrogens (primary N) is 1. The molecule has 116 valence electrons. The molecule has 0 aromatic heterocycles. The summed E-state index contributed by atoms with van der Waals surface area (Å²) in [7, 11) is 0. The highest BCUT2D eigenvalue weighted by molar-refractivity contribution is 7.98. The maximum Gasteiger partial charge on any atom is 0.188 e. The van der Waals surface area contributed by atoms with Crippen LogP contribution in [-0.2, 0) is 13.0 Å². The molecule has 0 heterocycles. The van der Waals surface area contributed by atoms with Gasteiger partial charge in [0.1, 0.15) is 0 Å². The van der Waals surface area contributed by atoms with Crippen molar-refractivity contribution in [3.63, 3.8) is 0 Å². The van der Waals surface area contributed by atoms with Crippen LogP contribution in [0.25, 0.3) is 0 Å². The molecule has 4 heteroatoms. The van der Waals surface area contributed by atoms with E-state index in [2.05, 4.69) is 53.8 Å². The van der Waals surface area contributed by atoms with Crippen LogP contribution in [0.2, 0.25) is 0 Å². The van der Waals surface area contributed by atoms with E-state index in [1.807, 2.05) is 18.2 Å². The summed E-state index contributed by atoms with van der Waals surface area (Å²) in [4.78, 5) is 5.70. The van der Waals surface area contributed by atoms with E-state index in [1.54, 1.807) is 11.8 Å². The predicted octanol–water partition coefficient (Wildman–Crippen LogP) is 3.36. The van der Waals surface area contributed by atoms with Crippen molar-refractivity contribution in [1.29, 1.82) is 0 Å². The van der Waals surface area contributed by atoms with Gasteiger partial charge in [-0.15, -0.1) is 11.8 Å². The Balaban J connectivity index is 1.85. The average molecular weight is 313 g/mol. The third-order valence-electron chi connectivity index (χ3n) is 3.42. The molecule has 0 bridgehead atoms. The largest absolute Gasteiger partial charge is 0.370 e. The highest BCUT2D eigenvalue weighted by atomic mass is 32.2. The van der Waals surface area contributed by atoms with E-state index in [-0.39, 0.29) is 0 Å². The molecule has 3 N–H and O–H groups in total. The lowest BCUT2D eigenvalue weighted by Gasteiger charge is -2.08. The van der Waals surface area contributed by atoms with E-state index in [1.165, 1.54) is 21.6 Å². The predicted molar refractivity (Wildman–Crippen MR) is 96.4 cm³/mol. The van der Waals surface area contributed by atoms with E-state index in [9.17, 15) is 0 Å². The van der Waals surface area contributed by atoms with Crippen molar-refractivity contribution in [1.82, 2.24) is 5.32 Å². The first-order valence-corrected chi connectivity index (χ1v) is 8.63. The van der Waals surface area contributed by atoms with Gasteiger partial charge in [0.05, 0.1) is 6.54 Å². The molecule has 0 amide bonds. The quantitative estimate of drug-likeness (QED) is 0.488. The molecular weight excluding hydrogens is 290 g/mol. The van der Waals surface area contributed by atoms with Crippen LogP contribution >= 0.6 is 11.8 Å². The maximum atomic E-state index is 5.94. The van der Waals surface area contributed by atoms with Crippen LogP contribution in [0.15, 0.2) is 58.4 Å². The second-order valence-corrected chi connectivity index (χ2v) is 6.03. The van der Waals surface area contributed by atoms with E-state index in [0.717, 1.165) is 13.0 Å². The lowest BCUT2D eigenvalue weighted by Crippen LogP contribution is -2.33. The smallest absolute Gasteiger partial charge is 0.188 e. The number of nitrogens with zero attached hydrogens (tertiary/aromatic N) is 1. The highest BCUT2D eigenvalue weighted by Gasteiger charge is 2.01. The minimum atomic E-state index is 0.503. The number of thioether (sulfide) groups is 1. The molecule has 0 saturated heterocycles. The van der Waals surface area contributed by atoms with E-state index < -0.39 is 0 Å². The molecule has 2 rings (SSSR count). The monoisotopic (exact) mass is 313 g/mol. The summed E-state index contributed by atoms with van der Waals surface area (Å²) in [6.07, 6.45) is 3.03. The Hall–Kier alpha value is -1.94. The normalized spacial score (nSPS) is 11.5. The van der Waals surface area contributed by atoms with Gasteiger partial charge in [-0.1, -0.05) is 42.5 Å². The van der Waals surface area contributed by atoms with Gasteiger partial charge in [-0.3, -0.25) is 0 Å². The van der Waals surface area contributed by atoms with Crippen LogP contribution in [0.4, 0.5) is 0 Å². The van der Waals surface area contributed by atoms with Gasteiger partial charge in [0.2, 0.25) is 0 Å². The molecule has 0 unspecified atom stereocenters. The summed E-state index contributed by atoms with van der Waals surface area (Å²) in [6, 6.07) is 16.8. The van der Waals surface area contributed by atoms with Crippen LogP contribution in [0.1, 0.15) is 16.7 Å². The van der Waals surface area contributed by atoms with E-state index in [0.29, 0.717) is 12.5 Å². The number of rotatable bonds is 6. The molecule has 0 radical (unpaired) electrons. The number of guanidine groups is 1. The van der Waals surface area contributed by atoms with Crippen LogP contribution in [0, 0.1) is 6.92 Å². The zero-order valence-electron chi connectivity index (χ0n) is 13.2. The summed E-state index contributed by atoms with van der Waals surface area (Å²) >= 11 is 1.75. The van der Waals surface area contributed by atoms with Crippen molar-refractivity contribution in [3.8, 4) is 0 Å². The van der Waals surface area contributed by atoms with Gasteiger partial charge in [0, 0.05) is 11.4 Å². The molecule has 0 aliphatic heterocycles. The van der Waals surface area contributed by atoms with Gasteiger partial charge in [-0.25, -0.2) is 4.99 Å². The first kappa shape index (κ1) is 16.4. The van der Waals surface area contributed by atoms with Crippen LogP contribution in [-0.4, -0.2) is 18.8 Å². The lowest BCUT2D eigenvalue weighted by molar-refractivity contribution is 0.846. The molecule has 0 aliphatic carbocycles. The Morgan fingerprint density at radius 3 is 2.68 bits per heavy atom. The topological polar surface area (TPSA) is 50.4 Å². The maximum absolute atomic E-state index is 5.94. The molecule has 0 saturated carbocycles. The number of aryl methyl sites for hydroxylation is 1. The Labute approximate surface area is 137 Å². The summed E-state index contributed by atoms with van der Waals surface area (Å²) in [5.74, 6) is 0.503. The van der Waals surface area contributed by atoms with Crippen molar-refractivity contribution < 1.29 is 0 Å². The summed E-state index contributed by atoms with van der Waals surface area (Å²) < 4.78 is 0. The van der Waals surface area contributed by atoms with Crippen LogP contribution in [0.3, 0.4) is 0 Å². The molecule has 22 heavy (non-hydrogen) atoms. The third kappa shape index (κ3) is 5.11. The SMILES string of the molecule is CSc1cc(C)ccc1CN=C(N)NCCc1ccccc1. The molecule has 0 fully saturated rings. The summed E-state index contributed by atoms with van der Waals surface area (Å²) in [5, 5.41) is 3.17. The van der Waals surface area contributed by atoms with Crippen molar-refractivity contribution in [3.05, 3.63) is 65.2 Å². The van der Waals surface area contributed by atoms with Crippen LogP contribution in [0.5, 0.6) is 0 Å². The second-order valence-electron chi connectivity index (χ2n) is 5.18. The standard InChI is InChI=1S/C18H23N3S/c1-14-8-9-16(17(12-14)22-2)13-21-18(19)20-11-10-15-6-4-3-5-7-15/h3-9,12H,10-11,13H2,1-2H3,(H3,19,20,21). The van der Waals surface area contributed by atoms with Gasteiger partial charge in [-0.05, 0) is 42.4 Å². The van der Waals surface area contributed by atoms with Crippen molar-refractivity contribution in [2.45, 2.75) is 24.8 Å². The van der Waals surface area contributed by atoms with E-state index in [4.69, 9.17) is 5.73 Å². The van der Waals surface area contributed by atoms with Crippen molar-refractivity contribution in [2.24, 2.45) is 10.7 Å². The molecular formula is C18H23N3S. The highest BCUT2D eigenvalue weighted by Crippen LogP contribution is 2.22. The Morgan fingerprint density at radius 2 is 1.95 bits per heavy atom. The summed E-state index contributed by atoms with van der Waals surface area (Å²) in [5.41, 5.74) is 9.72. The number of benzene rings is 2. The van der Waals surface area contributed by atoms with Gasteiger partial charge in [0.25, 0.3) is 0 Å². The minimum absolute atomic E-state index is 0.503. The zero-order chi connectivity index (χ0) is 15.8. The summed E-state index contributed by atoms with van der Waals surface area (Å²) in [6.45, 7) is 3.51. The van der Waals surface area contributed by atoms with Gasteiger partial charge < -0.3 is 11.1 Å². The lowest BCUT2D eigenvalue weighted by atomic mass is 10.1.